The number of hydrogen-bond donors (Lipinski definition) is 2. The quantitative estimate of drug-likeness (QED) is 0.859. The van der Waals surface area contributed by atoms with E-state index in [1.165, 1.54) is 0 Å². The summed E-state index contributed by atoms with van der Waals surface area (Å²) < 4.78 is 1.04. The van der Waals surface area contributed by atoms with Gasteiger partial charge in [0.2, 0.25) is 0 Å². The molecule has 3 N–H and O–H groups in total. The maximum Gasteiger partial charge on any atom is 0.0499 e. The summed E-state index contributed by atoms with van der Waals surface area (Å²) in [6.45, 7) is 7.94. The number of aryl methyl sites for hydroxylation is 1. The lowest BCUT2D eigenvalue weighted by Crippen LogP contribution is -2.27. The zero-order valence-corrected chi connectivity index (χ0v) is 12.9. The molecule has 96 valence electrons. The van der Waals surface area contributed by atoms with Gasteiger partial charge in [0.25, 0.3) is 0 Å². The van der Waals surface area contributed by atoms with E-state index in [1.54, 1.807) is 0 Å². The maximum atomic E-state index is 6.11. The number of nitrogens with two attached hydrogens (primary N) is 1. The molecule has 0 aromatic heterocycles. The Morgan fingerprint density at radius 1 is 1.41 bits per heavy atom. The standard InChI is InChI=1S/C13H20BrClN2/c1-8(2)10(6-16)7-17-13-5-12(15)9(3)4-11(13)14/h4-5,8,10,17H,6-7,16H2,1-3H3. The number of hydrogen-bond acceptors (Lipinski definition) is 2. The molecular weight excluding hydrogens is 300 g/mol. The van der Waals surface area contributed by atoms with Crippen LogP contribution in [0.4, 0.5) is 5.69 Å². The van der Waals surface area contributed by atoms with Gasteiger partial charge in [-0.2, -0.15) is 0 Å². The highest BCUT2D eigenvalue weighted by atomic mass is 79.9. The molecule has 17 heavy (non-hydrogen) atoms. The van der Waals surface area contributed by atoms with Crippen molar-refractivity contribution >= 4 is 33.2 Å². The van der Waals surface area contributed by atoms with Crippen LogP contribution in [0.1, 0.15) is 19.4 Å². The minimum Gasteiger partial charge on any atom is -0.384 e. The van der Waals surface area contributed by atoms with E-state index in [4.69, 9.17) is 17.3 Å². The van der Waals surface area contributed by atoms with Gasteiger partial charge in [0.05, 0.1) is 0 Å². The highest BCUT2D eigenvalue weighted by Gasteiger charge is 2.12. The van der Waals surface area contributed by atoms with Crippen molar-refractivity contribution in [2.24, 2.45) is 17.6 Å². The van der Waals surface area contributed by atoms with E-state index >= 15 is 0 Å². The molecule has 0 saturated heterocycles. The van der Waals surface area contributed by atoms with Crippen LogP contribution in [0, 0.1) is 18.8 Å². The third-order valence-corrected chi connectivity index (χ3v) is 4.11. The zero-order valence-electron chi connectivity index (χ0n) is 10.6. The van der Waals surface area contributed by atoms with Gasteiger partial charge < -0.3 is 11.1 Å². The van der Waals surface area contributed by atoms with Crippen molar-refractivity contribution in [3.05, 3.63) is 27.2 Å². The number of rotatable bonds is 5. The molecule has 0 fully saturated rings. The number of anilines is 1. The summed E-state index contributed by atoms with van der Waals surface area (Å²) >= 11 is 9.65. The lowest BCUT2D eigenvalue weighted by molar-refractivity contribution is 0.413. The molecule has 1 aromatic carbocycles. The highest BCUT2D eigenvalue weighted by Crippen LogP contribution is 2.29. The van der Waals surface area contributed by atoms with E-state index in [0.29, 0.717) is 18.4 Å². The lowest BCUT2D eigenvalue weighted by Gasteiger charge is -2.20. The minimum absolute atomic E-state index is 0.474. The predicted octanol–water partition coefficient (Wildman–Crippen LogP) is 4.05. The predicted molar refractivity (Wildman–Crippen MR) is 79.8 cm³/mol. The molecular formula is C13H20BrClN2. The fourth-order valence-electron chi connectivity index (χ4n) is 1.61. The monoisotopic (exact) mass is 318 g/mol. The van der Waals surface area contributed by atoms with Gasteiger partial charge in [0.1, 0.15) is 0 Å². The van der Waals surface area contributed by atoms with Crippen molar-refractivity contribution in [1.29, 1.82) is 0 Å². The Labute approximate surface area is 117 Å². The van der Waals surface area contributed by atoms with E-state index in [1.807, 2.05) is 19.1 Å². The summed E-state index contributed by atoms with van der Waals surface area (Å²) in [6.07, 6.45) is 0. The van der Waals surface area contributed by atoms with Crippen LogP contribution in [-0.2, 0) is 0 Å². The lowest BCUT2D eigenvalue weighted by atomic mass is 9.96. The Balaban J connectivity index is 2.72. The summed E-state index contributed by atoms with van der Waals surface area (Å²) in [5.41, 5.74) is 7.85. The van der Waals surface area contributed by atoms with Gasteiger partial charge in [-0.05, 0) is 58.9 Å². The van der Waals surface area contributed by atoms with E-state index in [-0.39, 0.29) is 0 Å². The van der Waals surface area contributed by atoms with Crippen LogP contribution in [0.3, 0.4) is 0 Å². The normalized spacial score (nSPS) is 12.9. The van der Waals surface area contributed by atoms with Crippen molar-refractivity contribution < 1.29 is 0 Å². The third-order valence-electron chi connectivity index (χ3n) is 3.05. The van der Waals surface area contributed by atoms with Gasteiger partial charge in [-0.3, -0.25) is 0 Å². The van der Waals surface area contributed by atoms with E-state index < -0.39 is 0 Å². The number of halogens is 2. The van der Waals surface area contributed by atoms with Gasteiger partial charge in [-0.15, -0.1) is 0 Å². The van der Waals surface area contributed by atoms with Crippen molar-refractivity contribution in [2.45, 2.75) is 20.8 Å². The van der Waals surface area contributed by atoms with E-state index in [9.17, 15) is 0 Å². The smallest absolute Gasteiger partial charge is 0.0499 e. The largest absolute Gasteiger partial charge is 0.384 e. The molecule has 0 amide bonds. The number of benzene rings is 1. The summed E-state index contributed by atoms with van der Waals surface area (Å²) in [7, 11) is 0. The molecule has 0 heterocycles. The van der Waals surface area contributed by atoms with Gasteiger partial charge in [0, 0.05) is 21.7 Å². The van der Waals surface area contributed by atoms with E-state index in [2.05, 4.69) is 35.1 Å². The van der Waals surface area contributed by atoms with Gasteiger partial charge in [-0.25, -0.2) is 0 Å². The first-order valence-electron chi connectivity index (χ1n) is 5.85. The molecule has 1 rings (SSSR count). The Morgan fingerprint density at radius 3 is 2.59 bits per heavy atom. The zero-order chi connectivity index (χ0) is 13.0. The average molecular weight is 320 g/mol. The fraction of sp³-hybridized carbons (Fsp3) is 0.538. The van der Waals surface area contributed by atoms with Gasteiger partial charge >= 0.3 is 0 Å². The average Bonchev–Trinajstić information content (AvgIpc) is 2.25. The first kappa shape index (κ1) is 14.8. The first-order chi connectivity index (χ1) is 7.95. The summed E-state index contributed by atoms with van der Waals surface area (Å²) in [4.78, 5) is 0. The maximum absolute atomic E-state index is 6.11. The molecule has 0 aliphatic heterocycles. The second kappa shape index (κ2) is 6.62. The molecule has 0 aliphatic rings. The van der Waals surface area contributed by atoms with Crippen LogP contribution in [0.5, 0.6) is 0 Å². The van der Waals surface area contributed by atoms with Crippen LogP contribution in [0.25, 0.3) is 0 Å². The van der Waals surface area contributed by atoms with Crippen LogP contribution in [0.15, 0.2) is 16.6 Å². The van der Waals surface area contributed by atoms with Crippen molar-refractivity contribution in [1.82, 2.24) is 0 Å². The second-order valence-electron chi connectivity index (χ2n) is 4.70. The second-order valence-corrected chi connectivity index (χ2v) is 5.96. The summed E-state index contributed by atoms with van der Waals surface area (Å²) in [5, 5.41) is 4.18. The minimum atomic E-state index is 0.474. The van der Waals surface area contributed by atoms with Crippen LogP contribution < -0.4 is 11.1 Å². The molecule has 1 atom stereocenters. The third kappa shape index (κ3) is 4.16. The van der Waals surface area contributed by atoms with Crippen molar-refractivity contribution in [2.75, 3.05) is 18.4 Å². The first-order valence-corrected chi connectivity index (χ1v) is 7.02. The van der Waals surface area contributed by atoms with Gasteiger partial charge in [0.15, 0.2) is 0 Å². The Morgan fingerprint density at radius 2 is 2.06 bits per heavy atom. The molecule has 0 bridgehead atoms. The molecule has 0 spiro atoms. The van der Waals surface area contributed by atoms with Gasteiger partial charge in [-0.1, -0.05) is 25.4 Å². The van der Waals surface area contributed by atoms with Crippen molar-refractivity contribution in [3.63, 3.8) is 0 Å². The molecule has 1 unspecified atom stereocenters. The van der Waals surface area contributed by atoms with Crippen LogP contribution >= 0.6 is 27.5 Å². The summed E-state index contributed by atoms with van der Waals surface area (Å²) in [6, 6.07) is 3.98. The highest BCUT2D eigenvalue weighted by molar-refractivity contribution is 9.10. The van der Waals surface area contributed by atoms with E-state index in [0.717, 1.165) is 27.3 Å². The summed E-state index contributed by atoms with van der Waals surface area (Å²) in [5.74, 6) is 1.05. The molecule has 0 aliphatic carbocycles. The molecule has 1 aromatic rings. The molecule has 0 saturated carbocycles. The Kier molecular flexibility index (Phi) is 5.77. The molecule has 4 heteroatoms. The van der Waals surface area contributed by atoms with Crippen molar-refractivity contribution in [3.8, 4) is 0 Å². The SMILES string of the molecule is Cc1cc(Br)c(NCC(CN)C(C)C)cc1Cl. The fourth-order valence-corrected chi connectivity index (χ4v) is 2.38. The van der Waals surface area contributed by atoms with Crippen LogP contribution in [-0.4, -0.2) is 13.1 Å². The van der Waals surface area contributed by atoms with Crippen LogP contribution in [0.2, 0.25) is 5.02 Å². The molecule has 2 nitrogen and oxygen atoms in total. The number of nitrogens with one attached hydrogen (secondary N) is 1. The topological polar surface area (TPSA) is 38.0 Å². The molecule has 0 radical (unpaired) electrons. The Bertz CT molecular complexity index is 380. The Hall–Kier alpha value is -0.250.